The van der Waals surface area contributed by atoms with Crippen LogP contribution in [0.5, 0.6) is 5.75 Å². The Bertz CT molecular complexity index is 594. The molecule has 0 aliphatic rings. The average Bonchev–Trinajstić information content (AvgIpc) is 3.07. The Labute approximate surface area is 137 Å². The molecule has 0 unspecified atom stereocenters. The maximum Gasteiger partial charge on any atom is 0.194 e. The van der Waals surface area contributed by atoms with Crippen molar-refractivity contribution in [2.75, 3.05) is 20.2 Å². The van der Waals surface area contributed by atoms with Crippen molar-refractivity contribution >= 4 is 5.96 Å². The van der Waals surface area contributed by atoms with Crippen LogP contribution < -0.4 is 10.1 Å². The first-order chi connectivity index (χ1) is 11.2. The van der Waals surface area contributed by atoms with Crippen molar-refractivity contribution in [1.82, 2.24) is 15.4 Å². The molecule has 0 aliphatic carbocycles. The van der Waals surface area contributed by atoms with Crippen LogP contribution in [0.25, 0.3) is 0 Å². The summed E-state index contributed by atoms with van der Waals surface area (Å²) in [4.78, 5) is 6.67. The fraction of sp³-hybridized carbons (Fsp3) is 0.412. The summed E-state index contributed by atoms with van der Waals surface area (Å²) in [5.74, 6) is 1.73. The van der Waals surface area contributed by atoms with Crippen LogP contribution in [0.1, 0.15) is 25.1 Å². The molecule has 0 aliphatic heterocycles. The van der Waals surface area contributed by atoms with Crippen LogP contribution in [0, 0.1) is 0 Å². The Morgan fingerprint density at radius 3 is 2.65 bits per heavy atom. The molecule has 0 saturated carbocycles. The van der Waals surface area contributed by atoms with E-state index in [2.05, 4.69) is 39.4 Å². The zero-order valence-electron chi connectivity index (χ0n) is 14.0. The highest BCUT2D eigenvalue weighted by Gasteiger charge is 2.07. The molecule has 23 heavy (non-hydrogen) atoms. The lowest BCUT2D eigenvalue weighted by atomic mass is 10.2. The van der Waals surface area contributed by atoms with E-state index in [-0.39, 0.29) is 0 Å². The molecular formula is C17H24N4O2. The second-order valence-corrected chi connectivity index (χ2v) is 5.09. The Kier molecular flexibility index (Phi) is 6.47. The van der Waals surface area contributed by atoms with Crippen LogP contribution >= 0.6 is 0 Å². The molecule has 0 bridgehead atoms. The molecule has 0 saturated heterocycles. The smallest absolute Gasteiger partial charge is 0.194 e. The zero-order chi connectivity index (χ0) is 16.5. The maximum absolute atomic E-state index is 5.47. The van der Waals surface area contributed by atoms with Crippen LogP contribution in [0.2, 0.25) is 0 Å². The van der Waals surface area contributed by atoms with E-state index < -0.39 is 0 Å². The highest BCUT2D eigenvalue weighted by Crippen LogP contribution is 2.13. The van der Waals surface area contributed by atoms with E-state index in [1.54, 1.807) is 6.26 Å². The second kappa shape index (κ2) is 8.82. The van der Waals surface area contributed by atoms with Crippen molar-refractivity contribution in [3.05, 3.63) is 47.9 Å². The van der Waals surface area contributed by atoms with E-state index in [1.807, 2.05) is 32.2 Å². The van der Waals surface area contributed by atoms with Gasteiger partial charge in [-0.15, -0.1) is 0 Å². The lowest BCUT2D eigenvalue weighted by Gasteiger charge is -2.22. The number of aliphatic imine (C=N–C) groups is 1. The number of benzene rings is 1. The van der Waals surface area contributed by atoms with Gasteiger partial charge in [0.05, 0.1) is 13.2 Å². The minimum Gasteiger partial charge on any atom is -0.494 e. The average molecular weight is 316 g/mol. The number of hydrogen-bond acceptors (Lipinski definition) is 4. The van der Waals surface area contributed by atoms with Crippen LogP contribution in [-0.4, -0.2) is 36.2 Å². The summed E-state index contributed by atoms with van der Waals surface area (Å²) in [7, 11) is 2.01. The normalized spacial score (nSPS) is 11.3. The van der Waals surface area contributed by atoms with Crippen LogP contribution in [0.4, 0.5) is 0 Å². The molecule has 0 fully saturated rings. The second-order valence-electron chi connectivity index (χ2n) is 5.09. The highest BCUT2D eigenvalue weighted by atomic mass is 16.5. The quantitative estimate of drug-likeness (QED) is 0.628. The molecule has 1 N–H and O–H groups in total. The van der Waals surface area contributed by atoms with Gasteiger partial charge in [-0.1, -0.05) is 17.3 Å². The van der Waals surface area contributed by atoms with Gasteiger partial charge in [0, 0.05) is 26.2 Å². The Balaban J connectivity index is 1.99. The summed E-state index contributed by atoms with van der Waals surface area (Å²) in [6.45, 7) is 6.78. The summed E-state index contributed by atoms with van der Waals surface area (Å²) < 4.78 is 10.3. The molecule has 1 heterocycles. The fourth-order valence-electron chi connectivity index (χ4n) is 2.15. The van der Waals surface area contributed by atoms with E-state index in [9.17, 15) is 0 Å². The molecule has 1 aromatic carbocycles. The van der Waals surface area contributed by atoms with E-state index in [0.717, 1.165) is 30.5 Å². The van der Waals surface area contributed by atoms with E-state index in [0.29, 0.717) is 13.2 Å². The molecule has 2 rings (SSSR count). The first-order valence-corrected chi connectivity index (χ1v) is 7.83. The lowest BCUT2D eigenvalue weighted by molar-refractivity contribution is 0.340. The highest BCUT2D eigenvalue weighted by molar-refractivity contribution is 5.79. The molecule has 0 radical (unpaired) electrons. The predicted molar refractivity (Wildman–Crippen MR) is 90.4 cm³/mol. The monoisotopic (exact) mass is 316 g/mol. The molecule has 0 atom stereocenters. The Morgan fingerprint density at radius 1 is 1.26 bits per heavy atom. The molecule has 6 heteroatoms. The summed E-state index contributed by atoms with van der Waals surface area (Å²) in [6, 6.07) is 9.95. The van der Waals surface area contributed by atoms with E-state index >= 15 is 0 Å². The van der Waals surface area contributed by atoms with Crippen LogP contribution in [0.3, 0.4) is 0 Å². The van der Waals surface area contributed by atoms with Gasteiger partial charge in [-0.05, 0) is 31.5 Å². The molecule has 0 amide bonds. The van der Waals surface area contributed by atoms with Crippen molar-refractivity contribution in [1.29, 1.82) is 0 Å². The third-order valence-electron chi connectivity index (χ3n) is 3.23. The third kappa shape index (κ3) is 5.32. The Hall–Kier alpha value is -2.50. The van der Waals surface area contributed by atoms with Crippen molar-refractivity contribution in [2.45, 2.75) is 26.9 Å². The zero-order valence-corrected chi connectivity index (χ0v) is 14.0. The van der Waals surface area contributed by atoms with Gasteiger partial charge >= 0.3 is 0 Å². The van der Waals surface area contributed by atoms with E-state index in [1.165, 1.54) is 5.56 Å². The molecule has 6 nitrogen and oxygen atoms in total. The number of aromatic nitrogens is 1. The SMILES string of the molecule is CCNC(=NCc1ccon1)N(C)Cc1ccc(OCC)cc1. The topological polar surface area (TPSA) is 62.9 Å². The van der Waals surface area contributed by atoms with Gasteiger partial charge in [0.15, 0.2) is 5.96 Å². The van der Waals surface area contributed by atoms with Crippen molar-refractivity contribution in [3.63, 3.8) is 0 Å². The van der Waals surface area contributed by atoms with Gasteiger partial charge in [0.2, 0.25) is 0 Å². The van der Waals surface area contributed by atoms with Crippen molar-refractivity contribution in [2.24, 2.45) is 4.99 Å². The van der Waals surface area contributed by atoms with Gasteiger partial charge < -0.3 is 19.5 Å². The van der Waals surface area contributed by atoms with Gasteiger partial charge in [0.1, 0.15) is 17.7 Å². The third-order valence-corrected chi connectivity index (χ3v) is 3.23. The number of guanidine groups is 1. The summed E-state index contributed by atoms with van der Waals surface area (Å²) >= 11 is 0. The van der Waals surface area contributed by atoms with Crippen molar-refractivity contribution < 1.29 is 9.26 Å². The fourth-order valence-corrected chi connectivity index (χ4v) is 2.15. The number of ether oxygens (including phenoxy) is 1. The molecule has 0 spiro atoms. The first kappa shape index (κ1) is 16.9. The summed E-state index contributed by atoms with van der Waals surface area (Å²) in [5.41, 5.74) is 2.01. The summed E-state index contributed by atoms with van der Waals surface area (Å²) in [5, 5.41) is 7.17. The van der Waals surface area contributed by atoms with Crippen molar-refractivity contribution in [3.8, 4) is 5.75 Å². The minimum absolute atomic E-state index is 0.493. The molecule has 124 valence electrons. The summed E-state index contributed by atoms with van der Waals surface area (Å²) in [6.07, 6.45) is 1.56. The van der Waals surface area contributed by atoms with Gasteiger partial charge in [-0.3, -0.25) is 0 Å². The number of nitrogens with zero attached hydrogens (tertiary/aromatic N) is 3. The molecule has 1 aromatic heterocycles. The largest absolute Gasteiger partial charge is 0.494 e. The number of rotatable bonds is 7. The number of hydrogen-bond donors (Lipinski definition) is 1. The number of nitrogens with one attached hydrogen (secondary N) is 1. The first-order valence-electron chi connectivity index (χ1n) is 7.83. The van der Waals surface area contributed by atoms with Gasteiger partial charge in [-0.25, -0.2) is 4.99 Å². The Morgan fingerprint density at radius 2 is 2.04 bits per heavy atom. The lowest BCUT2D eigenvalue weighted by Crippen LogP contribution is -2.38. The maximum atomic E-state index is 5.47. The van der Waals surface area contributed by atoms with E-state index in [4.69, 9.17) is 9.26 Å². The van der Waals surface area contributed by atoms with Crippen LogP contribution in [0.15, 0.2) is 46.1 Å². The van der Waals surface area contributed by atoms with Gasteiger partial charge in [0.25, 0.3) is 0 Å². The van der Waals surface area contributed by atoms with Crippen LogP contribution in [-0.2, 0) is 13.1 Å². The molecular weight excluding hydrogens is 292 g/mol. The van der Waals surface area contributed by atoms with Gasteiger partial charge in [-0.2, -0.15) is 0 Å². The predicted octanol–water partition coefficient (Wildman–Crippen LogP) is 2.67. The minimum atomic E-state index is 0.493. The standard InChI is InChI=1S/C17H24N4O2/c1-4-18-17(19-12-15-10-11-23-20-15)21(3)13-14-6-8-16(9-7-14)22-5-2/h6-11H,4-5,12-13H2,1-3H3,(H,18,19). The molecule has 2 aromatic rings.